The summed E-state index contributed by atoms with van der Waals surface area (Å²) in [6.07, 6.45) is 1.21. The minimum absolute atomic E-state index is 0.107. The minimum Gasteiger partial charge on any atom is -0.492 e. The second kappa shape index (κ2) is 6.71. The average molecular weight is 304 g/mol. The number of methoxy groups -OCH3 is 1. The second-order valence-corrected chi connectivity index (χ2v) is 4.36. The van der Waals surface area contributed by atoms with Gasteiger partial charge in [-0.2, -0.15) is 0 Å². The molecule has 8 heteroatoms. The number of hydrogen-bond acceptors (Lipinski definition) is 6. The first-order valence-corrected chi connectivity index (χ1v) is 6.39. The highest BCUT2D eigenvalue weighted by Crippen LogP contribution is 2.34. The molecule has 1 aromatic rings. The topological polar surface area (TPSA) is 56.2 Å². The van der Waals surface area contributed by atoms with Gasteiger partial charge in [0, 0.05) is 13.1 Å². The number of nitrogens with zero attached hydrogens (tertiary/aromatic N) is 3. The van der Waals surface area contributed by atoms with Crippen molar-refractivity contribution in [3.8, 4) is 5.75 Å². The molecular weight excluding hydrogens is 289 g/mol. The Labute approximate surface area is 121 Å². The maximum absolute atomic E-state index is 14.1. The standard InChI is InChI=1S/C12H15ClFN3O3/c1-18-10-8(7-15-19-2)9(14)11(13)16-12(10)17-3-5-20-6-4-17/h7H,3-6H2,1-2H3/b15-7+. The molecule has 1 aliphatic heterocycles. The molecule has 0 saturated carbocycles. The van der Waals surface area contributed by atoms with Gasteiger partial charge in [-0.25, -0.2) is 9.37 Å². The van der Waals surface area contributed by atoms with E-state index in [1.807, 2.05) is 4.90 Å². The lowest BCUT2D eigenvalue weighted by Crippen LogP contribution is -2.37. The first-order chi connectivity index (χ1) is 9.69. The number of anilines is 1. The third-order valence-corrected chi connectivity index (χ3v) is 3.12. The zero-order valence-corrected chi connectivity index (χ0v) is 12.0. The van der Waals surface area contributed by atoms with Gasteiger partial charge in [0.25, 0.3) is 0 Å². The van der Waals surface area contributed by atoms with Crippen molar-refractivity contribution in [3.63, 3.8) is 0 Å². The number of oxime groups is 1. The Morgan fingerprint density at radius 1 is 1.40 bits per heavy atom. The minimum atomic E-state index is -0.693. The molecule has 0 unspecified atom stereocenters. The van der Waals surface area contributed by atoms with Gasteiger partial charge in [-0.05, 0) is 0 Å². The molecule has 0 amide bonds. The molecule has 1 saturated heterocycles. The molecule has 20 heavy (non-hydrogen) atoms. The van der Waals surface area contributed by atoms with Crippen LogP contribution in [-0.2, 0) is 9.57 Å². The normalized spacial score (nSPS) is 15.7. The van der Waals surface area contributed by atoms with Crippen LogP contribution in [0.3, 0.4) is 0 Å². The van der Waals surface area contributed by atoms with Crippen molar-refractivity contribution in [2.75, 3.05) is 45.4 Å². The number of aromatic nitrogens is 1. The van der Waals surface area contributed by atoms with E-state index in [1.54, 1.807) is 0 Å². The van der Waals surface area contributed by atoms with Crippen LogP contribution in [0, 0.1) is 5.82 Å². The van der Waals surface area contributed by atoms with E-state index >= 15 is 0 Å². The van der Waals surface area contributed by atoms with Crippen LogP contribution in [0.1, 0.15) is 5.56 Å². The van der Waals surface area contributed by atoms with Gasteiger partial charge in [0.2, 0.25) is 0 Å². The van der Waals surface area contributed by atoms with E-state index in [0.717, 1.165) is 0 Å². The van der Waals surface area contributed by atoms with Gasteiger partial charge in [0.15, 0.2) is 22.5 Å². The summed E-state index contributed by atoms with van der Waals surface area (Å²) in [5.74, 6) is 0.0516. The molecule has 1 aromatic heterocycles. The molecule has 2 rings (SSSR count). The maximum Gasteiger partial charge on any atom is 0.173 e. The Morgan fingerprint density at radius 3 is 2.70 bits per heavy atom. The lowest BCUT2D eigenvalue weighted by Gasteiger charge is -2.29. The van der Waals surface area contributed by atoms with E-state index in [-0.39, 0.29) is 16.5 Å². The van der Waals surface area contributed by atoms with Crippen molar-refractivity contribution >= 4 is 23.6 Å². The monoisotopic (exact) mass is 303 g/mol. The Balaban J connectivity index is 2.50. The number of hydrogen-bond donors (Lipinski definition) is 0. The van der Waals surface area contributed by atoms with E-state index in [4.69, 9.17) is 21.1 Å². The van der Waals surface area contributed by atoms with E-state index < -0.39 is 5.82 Å². The van der Waals surface area contributed by atoms with Crippen molar-refractivity contribution in [2.24, 2.45) is 5.16 Å². The summed E-state index contributed by atoms with van der Waals surface area (Å²) < 4.78 is 24.6. The van der Waals surface area contributed by atoms with Crippen LogP contribution in [-0.4, -0.2) is 51.7 Å². The lowest BCUT2D eigenvalue weighted by atomic mass is 10.2. The third kappa shape index (κ3) is 2.94. The van der Waals surface area contributed by atoms with Crippen molar-refractivity contribution in [1.29, 1.82) is 0 Å². The zero-order valence-electron chi connectivity index (χ0n) is 11.2. The predicted octanol–water partition coefficient (Wildman–Crippen LogP) is 1.70. The first kappa shape index (κ1) is 14.8. The summed E-state index contributed by atoms with van der Waals surface area (Å²) in [5.41, 5.74) is 0.107. The largest absolute Gasteiger partial charge is 0.492 e. The van der Waals surface area contributed by atoms with E-state index in [1.165, 1.54) is 20.4 Å². The fraction of sp³-hybridized carbons (Fsp3) is 0.500. The molecular formula is C12H15ClFN3O3. The molecule has 2 heterocycles. The van der Waals surface area contributed by atoms with Crippen LogP contribution in [0.5, 0.6) is 5.75 Å². The van der Waals surface area contributed by atoms with Gasteiger partial charge >= 0.3 is 0 Å². The molecule has 0 aromatic carbocycles. The molecule has 1 fully saturated rings. The molecule has 110 valence electrons. The Bertz CT molecular complexity index is 507. The molecule has 0 spiro atoms. The lowest BCUT2D eigenvalue weighted by molar-refractivity contribution is 0.122. The Kier molecular flexibility index (Phi) is 4.97. The summed E-state index contributed by atoms with van der Waals surface area (Å²) >= 11 is 5.84. The SMILES string of the molecule is CO/N=C/c1c(F)c(Cl)nc(N2CCOCC2)c1OC. The highest BCUT2D eigenvalue weighted by atomic mass is 35.5. The van der Waals surface area contributed by atoms with E-state index in [9.17, 15) is 4.39 Å². The number of halogens is 2. The quantitative estimate of drug-likeness (QED) is 0.481. The highest BCUT2D eigenvalue weighted by Gasteiger charge is 2.24. The van der Waals surface area contributed by atoms with E-state index in [0.29, 0.717) is 32.1 Å². The summed E-state index contributed by atoms with van der Waals surface area (Å²) in [6, 6.07) is 0. The Morgan fingerprint density at radius 2 is 2.10 bits per heavy atom. The van der Waals surface area contributed by atoms with Crippen molar-refractivity contribution < 1.29 is 18.7 Å². The van der Waals surface area contributed by atoms with E-state index in [2.05, 4.69) is 15.0 Å². The molecule has 0 N–H and O–H groups in total. The van der Waals surface area contributed by atoms with Gasteiger partial charge in [-0.1, -0.05) is 16.8 Å². The fourth-order valence-corrected chi connectivity index (χ4v) is 2.12. The molecule has 0 bridgehead atoms. The Hall–Kier alpha value is -1.60. The van der Waals surface area contributed by atoms with Crippen LogP contribution < -0.4 is 9.64 Å². The van der Waals surface area contributed by atoms with Crippen LogP contribution in [0.4, 0.5) is 10.2 Å². The number of pyridine rings is 1. The molecule has 6 nitrogen and oxygen atoms in total. The average Bonchev–Trinajstić information content (AvgIpc) is 2.49. The van der Waals surface area contributed by atoms with Crippen molar-refractivity contribution in [2.45, 2.75) is 0 Å². The summed E-state index contributed by atoms with van der Waals surface area (Å²) in [4.78, 5) is 10.6. The predicted molar refractivity (Wildman–Crippen MR) is 73.4 cm³/mol. The van der Waals surface area contributed by atoms with Gasteiger partial charge in [0.1, 0.15) is 7.11 Å². The summed E-state index contributed by atoms with van der Waals surface area (Å²) in [6.45, 7) is 2.40. The third-order valence-electron chi connectivity index (χ3n) is 2.87. The van der Waals surface area contributed by atoms with Crippen LogP contribution in [0.15, 0.2) is 5.16 Å². The second-order valence-electron chi connectivity index (χ2n) is 4.00. The maximum atomic E-state index is 14.1. The van der Waals surface area contributed by atoms with Crippen LogP contribution in [0.25, 0.3) is 0 Å². The molecule has 0 radical (unpaired) electrons. The summed E-state index contributed by atoms with van der Waals surface area (Å²) in [7, 11) is 2.81. The van der Waals surface area contributed by atoms with Crippen LogP contribution in [0.2, 0.25) is 5.15 Å². The molecule has 0 atom stereocenters. The van der Waals surface area contributed by atoms with Gasteiger partial charge in [0.05, 0.1) is 32.1 Å². The van der Waals surface area contributed by atoms with Crippen LogP contribution >= 0.6 is 11.6 Å². The van der Waals surface area contributed by atoms with Gasteiger partial charge in [-0.15, -0.1) is 0 Å². The smallest absolute Gasteiger partial charge is 0.173 e. The highest BCUT2D eigenvalue weighted by molar-refractivity contribution is 6.30. The number of morpholine rings is 1. The van der Waals surface area contributed by atoms with Gasteiger partial charge < -0.3 is 19.2 Å². The first-order valence-electron chi connectivity index (χ1n) is 6.01. The molecule has 1 aliphatic rings. The number of rotatable bonds is 4. The molecule has 0 aliphatic carbocycles. The van der Waals surface area contributed by atoms with Crippen molar-refractivity contribution in [1.82, 2.24) is 4.98 Å². The summed E-state index contributed by atoms with van der Waals surface area (Å²) in [5, 5.41) is 3.33. The zero-order chi connectivity index (χ0) is 14.5. The van der Waals surface area contributed by atoms with Crippen molar-refractivity contribution in [3.05, 3.63) is 16.5 Å². The van der Waals surface area contributed by atoms with Gasteiger partial charge in [-0.3, -0.25) is 0 Å². The number of ether oxygens (including phenoxy) is 2. The fourth-order valence-electron chi connectivity index (χ4n) is 1.94.